The third-order valence-electron chi connectivity index (χ3n) is 3.05. The number of carbonyl (C=O) groups is 1. The number of carbonyl (C=O) groups excluding carboxylic acids is 1. The van der Waals surface area contributed by atoms with E-state index in [1.165, 1.54) is 0 Å². The first kappa shape index (κ1) is 14.3. The maximum absolute atomic E-state index is 12.0. The highest BCUT2D eigenvalue weighted by atomic mass is 16.3. The van der Waals surface area contributed by atoms with E-state index in [2.05, 4.69) is 10.4 Å². The lowest BCUT2D eigenvalue weighted by molar-refractivity contribution is 0.0911. The van der Waals surface area contributed by atoms with E-state index in [1.54, 1.807) is 23.0 Å². The molecule has 1 heterocycles. The van der Waals surface area contributed by atoms with Crippen molar-refractivity contribution in [3.05, 3.63) is 48.3 Å². The van der Waals surface area contributed by atoms with Crippen LogP contribution in [0.3, 0.4) is 0 Å². The Bertz CT molecular complexity index is 559. The maximum atomic E-state index is 12.0. The fourth-order valence-electron chi connectivity index (χ4n) is 1.66. The number of benzene rings is 1. The highest BCUT2D eigenvalue weighted by molar-refractivity contribution is 5.94. The van der Waals surface area contributed by atoms with Crippen molar-refractivity contribution in [1.29, 1.82) is 0 Å². The van der Waals surface area contributed by atoms with Crippen LogP contribution in [-0.2, 0) is 0 Å². The molecule has 0 atom stereocenters. The standard InChI is InChI=1S/C15H19N3O2/c1-15(2,11-19)10-16-14(20)12-4-6-13(7-5-12)18-9-3-8-17-18/h3-9,19H,10-11H2,1-2H3,(H,16,20). The van der Waals surface area contributed by atoms with Crippen LogP contribution in [0.15, 0.2) is 42.7 Å². The fraction of sp³-hybridized carbons (Fsp3) is 0.333. The van der Waals surface area contributed by atoms with Crippen molar-refractivity contribution in [3.63, 3.8) is 0 Å². The molecule has 2 rings (SSSR count). The van der Waals surface area contributed by atoms with Crippen LogP contribution >= 0.6 is 0 Å². The van der Waals surface area contributed by atoms with Crippen molar-refractivity contribution in [3.8, 4) is 5.69 Å². The van der Waals surface area contributed by atoms with Crippen molar-refractivity contribution in [2.45, 2.75) is 13.8 Å². The zero-order valence-electron chi connectivity index (χ0n) is 11.7. The first-order chi connectivity index (χ1) is 9.52. The summed E-state index contributed by atoms with van der Waals surface area (Å²) >= 11 is 0. The molecule has 1 aromatic carbocycles. The Balaban J connectivity index is 2.01. The molecule has 2 N–H and O–H groups in total. The second-order valence-corrected chi connectivity index (χ2v) is 5.50. The third-order valence-corrected chi connectivity index (χ3v) is 3.05. The van der Waals surface area contributed by atoms with Crippen LogP contribution < -0.4 is 5.32 Å². The number of nitrogens with zero attached hydrogens (tertiary/aromatic N) is 2. The highest BCUT2D eigenvalue weighted by Crippen LogP contribution is 2.12. The number of rotatable bonds is 5. The van der Waals surface area contributed by atoms with Gasteiger partial charge >= 0.3 is 0 Å². The van der Waals surface area contributed by atoms with Crippen molar-refractivity contribution in [1.82, 2.24) is 15.1 Å². The predicted octanol–water partition coefficient (Wildman–Crippen LogP) is 1.62. The Labute approximate surface area is 118 Å². The van der Waals surface area contributed by atoms with Gasteiger partial charge in [-0.1, -0.05) is 13.8 Å². The molecule has 0 aliphatic carbocycles. The van der Waals surface area contributed by atoms with Crippen molar-refractivity contribution in [2.75, 3.05) is 13.2 Å². The Kier molecular flexibility index (Phi) is 4.20. The van der Waals surface area contributed by atoms with Crippen molar-refractivity contribution < 1.29 is 9.90 Å². The molecule has 1 amide bonds. The topological polar surface area (TPSA) is 67.2 Å². The summed E-state index contributed by atoms with van der Waals surface area (Å²) in [5.74, 6) is -0.140. The normalized spacial score (nSPS) is 11.3. The van der Waals surface area contributed by atoms with Gasteiger partial charge < -0.3 is 10.4 Å². The molecule has 20 heavy (non-hydrogen) atoms. The van der Waals surface area contributed by atoms with E-state index in [1.807, 2.05) is 38.2 Å². The molecule has 5 nitrogen and oxygen atoms in total. The van der Waals surface area contributed by atoms with E-state index in [4.69, 9.17) is 5.11 Å². The Morgan fingerprint density at radius 2 is 2.05 bits per heavy atom. The Hall–Kier alpha value is -2.14. The molecule has 0 bridgehead atoms. The van der Waals surface area contributed by atoms with Crippen LogP contribution in [0.25, 0.3) is 5.69 Å². The summed E-state index contributed by atoms with van der Waals surface area (Å²) < 4.78 is 1.73. The number of hydrogen-bond acceptors (Lipinski definition) is 3. The molecule has 1 aromatic heterocycles. The number of aliphatic hydroxyl groups excluding tert-OH is 1. The molecule has 0 aliphatic heterocycles. The van der Waals surface area contributed by atoms with Crippen LogP contribution in [0, 0.1) is 5.41 Å². The SMILES string of the molecule is CC(C)(CO)CNC(=O)c1ccc(-n2cccn2)cc1. The van der Waals surface area contributed by atoms with Crippen LogP contribution in [0.1, 0.15) is 24.2 Å². The van der Waals surface area contributed by atoms with Gasteiger partial charge in [0.15, 0.2) is 0 Å². The fourth-order valence-corrected chi connectivity index (χ4v) is 1.66. The summed E-state index contributed by atoms with van der Waals surface area (Å²) in [7, 11) is 0. The van der Waals surface area contributed by atoms with Gasteiger partial charge in [-0.15, -0.1) is 0 Å². The first-order valence-corrected chi connectivity index (χ1v) is 6.51. The third kappa shape index (κ3) is 3.45. The molecule has 2 aromatic rings. The number of hydrogen-bond donors (Lipinski definition) is 2. The molecule has 0 fully saturated rings. The molecule has 0 unspecified atom stereocenters. The van der Waals surface area contributed by atoms with E-state index in [9.17, 15) is 4.79 Å². The summed E-state index contributed by atoms with van der Waals surface area (Å²) in [6, 6.07) is 9.06. The van der Waals surface area contributed by atoms with E-state index in [0.717, 1.165) is 5.69 Å². The lowest BCUT2D eigenvalue weighted by Crippen LogP contribution is -2.36. The molecule has 0 saturated heterocycles. The highest BCUT2D eigenvalue weighted by Gasteiger charge is 2.17. The minimum Gasteiger partial charge on any atom is -0.396 e. The average molecular weight is 273 g/mol. The van der Waals surface area contributed by atoms with Gasteiger partial charge in [-0.3, -0.25) is 4.79 Å². The van der Waals surface area contributed by atoms with Gasteiger partial charge in [0.1, 0.15) is 0 Å². The summed E-state index contributed by atoms with van der Waals surface area (Å²) in [4.78, 5) is 12.0. The molecule has 0 radical (unpaired) electrons. The molecule has 5 heteroatoms. The zero-order chi connectivity index (χ0) is 14.6. The molecular formula is C15H19N3O2. The average Bonchev–Trinajstić information content (AvgIpc) is 2.99. The second-order valence-electron chi connectivity index (χ2n) is 5.50. The predicted molar refractivity (Wildman–Crippen MR) is 76.8 cm³/mol. The minimum atomic E-state index is -0.315. The molecule has 106 valence electrons. The van der Waals surface area contributed by atoms with Gasteiger partial charge in [0, 0.05) is 36.5 Å². The summed E-state index contributed by atoms with van der Waals surface area (Å²) in [5.41, 5.74) is 1.18. The summed E-state index contributed by atoms with van der Waals surface area (Å²) in [6.45, 7) is 4.26. The van der Waals surface area contributed by atoms with Crippen molar-refractivity contribution in [2.24, 2.45) is 5.41 Å². The molecule has 0 spiro atoms. The van der Waals surface area contributed by atoms with Crippen LogP contribution in [0.2, 0.25) is 0 Å². The Morgan fingerprint density at radius 1 is 1.35 bits per heavy atom. The van der Waals surface area contributed by atoms with Gasteiger partial charge in [-0.05, 0) is 30.3 Å². The number of nitrogens with one attached hydrogen (secondary N) is 1. The monoisotopic (exact) mass is 273 g/mol. The van der Waals surface area contributed by atoms with Crippen LogP contribution in [-0.4, -0.2) is 33.9 Å². The first-order valence-electron chi connectivity index (χ1n) is 6.51. The van der Waals surface area contributed by atoms with E-state index in [0.29, 0.717) is 12.1 Å². The second kappa shape index (κ2) is 5.88. The van der Waals surface area contributed by atoms with E-state index < -0.39 is 0 Å². The largest absolute Gasteiger partial charge is 0.396 e. The molecular weight excluding hydrogens is 254 g/mol. The van der Waals surface area contributed by atoms with Gasteiger partial charge in [0.25, 0.3) is 5.91 Å². The Morgan fingerprint density at radius 3 is 2.60 bits per heavy atom. The minimum absolute atomic E-state index is 0.0333. The molecule has 0 saturated carbocycles. The van der Waals surface area contributed by atoms with Crippen LogP contribution in [0.5, 0.6) is 0 Å². The van der Waals surface area contributed by atoms with Crippen molar-refractivity contribution >= 4 is 5.91 Å². The maximum Gasteiger partial charge on any atom is 0.251 e. The molecule has 0 aliphatic rings. The van der Waals surface area contributed by atoms with Gasteiger partial charge in [-0.2, -0.15) is 5.10 Å². The quantitative estimate of drug-likeness (QED) is 0.870. The van der Waals surface area contributed by atoms with Gasteiger partial charge in [-0.25, -0.2) is 4.68 Å². The van der Waals surface area contributed by atoms with E-state index in [-0.39, 0.29) is 17.9 Å². The van der Waals surface area contributed by atoms with Crippen LogP contribution in [0.4, 0.5) is 0 Å². The lowest BCUT2D eigenvalue weighted by Gasteiger charge is -2.21. The van der Waals surface area contributed by atoms with E-state index >= 15 is 0 Å². The number of amides is 1. The number of aromatic nitrogens is 2. The summed E-state index contributed by atoms with van der Waals surface area (Å²) in [5, 5.41) is 16.1. The van der Waals surface area contributed by atoms with Gasteiger partial charge in [0.2, 0.25) is 0 Å². The van der Waals surface area contributed by atoms with Gasteiger partial charge in [0.05, 0.1) is 5.69 Å². The zero-order valence-corrected chi connectivity index (χ0v) is 11.7. The lowest BCUT2D eigenvalue weighted by atomic mass is 9.95. The smallest absolute Gasteiger partial charge is 0.251 e. The number of aliphatic hydroxyl groups is 1. The summed E-state index contributed by atoms with van der Waals surface area (Å²) in [6.07, 6.45) is 3.55.